The Morgan fingerprint density at radius 1 is 1.47 bits per heavy atom. The van der Waals surface area contributed by atoms with Crippen molar-refractivity contribution in [2.24, 2.45) is 17.2 Å². The molecule has 104 valence electrons. The Morgan fingerprint density at radius 3 is 2.58 bits per heavy atom. The van der Waals surface area contributed by atoms with Gasteiger partial charge in [-0.25, -0.2) is 15.8 Å². The summed E-state index contributed by atoms with van der Waals surface area (Å²) in [6.45, 7) is 5.00. The van der Waals surface area contributed by atoms with Gasteiger partial charge in [0.25, 0.3) is 0 Å². The van der Waals surface area contributed by atoms with Crippen molar-refractivity contribution < 1.29 is 4.92 Å². The summed E-state index contributed by atoms with van der Waals surface area (Å²) in [7, 11) is 0. The van der Waals surface area contributed by atoms with Crippen molar-refractivity contribution in [3.05, 3.63) is 16.4 Å². The van der Waals surface area contributed by atoms with E-state index in [1.165, 1.54) is 6.33 Å². The molecule has 19 heavy (non-hydrogen) atoms. The molecule has 0 atom stereocenters. The highest BCUT2D eigenvalue weighted by atomic mass is 16.6. The van der Waals surface area contributed by atoms with Crippen molar-refractivity contribution in [1.82, 2.24) is 9.97 Å². The summed E-state index contributed by atoms with van der Waals surface area (Å²) in [5.41, 5.74) is 2.23. The molecule has 8 heteroatoms. The summed E-state index contributed by atoms with van der Waals surface area (Å²) < 4.78 is 0. The van der Waals surface area contributed by atoms with Crippen molar-refractivity contribution in [2.75, 3.05) is 17.3 Å². The minimum Gasteiger partial charge on any atom is -0.364 e. The zero-order chi connectivity index (χ0) is 14.0. The maximum atomic E-state index is 11.1. The van der Waals surface area contributed by atoms with E-state index in [0.717, 1.165) is 12.8 Å². The average molecular weight is 266 g/mol. The lowest BCUT2D eigenvalue weighted by molar-refractivity contribution is -0.383. The first-order valence-electron chi connectivity index (χ1n) is 6.20. The molecule has 1 aromatic rings. The van der Waals surface area contributed by atoms with E-state index in [-0.39, 0.29) is 22.7 Å². The summed E-state index contributed by atoms with van der Waals surface area (Å²) in [6.07, 6.45) is 3.52. The predicted octanol–water partition coefficient (Wildman–Crippen LogP) is 1.52. The second-order valence-electron chi connectivity index (χ2n) is 5.19. The van der Waals surface area contributed by atoms with E-state index < -0.39 is 4.92 Å². The van der Waals surface area contributed by atoms with Gasteiger partial charge in [-0.1, -0.05) is 13.8 Å². The number of hydrogen-bond acceptors (Lipinski definition) is 7. The highest BCUT2D eigenvalue weighted by molar-refractivity contribution is 5.68. The molecule has 1 aliphatic rings. The van der Waals surface area contributed by atoms with Crippen LogP contribution in [0.1, 0.15) is 26.7 Å². The van der Waals surface area contributed by atoms with E-state index in [2.05, 4.69) is 34.6 Å². The van der Waals surface area contributed by atoms with Gasteiger partial charge in [-0.15, -0.1) is 0 Å². The van der Waals surface area contributed by atoms with E-state index in [1.807, 2.05) is 0 Å². The van der Waals surface area contributed by atoms with Gasteiger partial charge in [-0.3, -0.25) is 10.1 Å². The molecular formula is C11H18N6O2. The Morgan fingerprint density at radius 2 is 2.11 bits per heavy atom. The van der Waals surface area contributed by atoms with Gasteiger partial charge in [-0.2, -0.15) is 0 Å². The van der Waals surface area contributed by atoms with Crippen molar-refractivity contribution in [3.8, 4) is 0 Å². The molecule has 0 radical (unpaired) electrons. The first-order valence-corrected chi connectivity index (χ1v) is 6.20. The molecule has 0 unspecified atom stereocenters. The molecule has 0 bridgehead atoms. The quantitative estimate of drug-likeness (QED) is 0.405. The maximum absolute atomic E-state index is 11.1. The smallest absolute Gasteiger partial charge is 0.354 e. The molecule has 0 spiro atoms. The number of anilines is 2. The largest absolute Gasteiger partial charge is 0.364 e. The van der Waals surface area contributed by atoms with Gasteiger partial charge < -0.3 is 10.7 Å². The van der Waals surface area contributed by atoms with Crippen molar-refractivity contribution in [3.63, 3.8) is 0 Å². The Bertz CT molecular complexity index is 486. The fraction of sp³-hybridized carbons (Fsp3) is 0.636. The van der Waals surface area contributed by atoms with Crippen molar-refractivity contribution in [2.45, 2.75) is 26.7 Å². The van der Waals surface area contributed by atoms with Crippen LogP contribution in [0, 0.1) is 21.4 Å². The number of nitrogen functional groups attached to an aromatic ring is 1. The lowest BCUT2D eigenvalue weighted by atomic mass is 9.92. The molecule has 1 fully saturated rings. The standard InChI is InChI=1S/C11H18N6O2/c1-7(2)11(3-4-11)5-13-9-8(17(18)19)10(16-12)15-6-14-9/h6-7H,3-5,12H2,1-2H3,(H2,13,14,15,16). The van der Waals surface area contributed by atoms with Crippen LogP contribution >= 0.6 is 0 Å². The van der Waals surface area contributed by atoms with Crippen molar-refractivity contribution >= 4 is 17.3 Å². The van der Waals surface area contributed by atoms with Crippen LogP contribution < -0.4 is 16.6 Å². The van der Waals surface area contributed by atoms with Crippen LogP contribution in [0.25, 0.3) is 0 Å². The third-order valence-corrected chi connectivity index (χ3v) is 3.87. The summed E-state index contributed by atoms with van der Waals surface area (Å²) >= 11 is 0. The van der Waals surface area contributed by atoms with Gasteiger partial charge >= 0.3 is 5.69 Å². The molecule has 4 N–H and O–H groups in total. The summed E-state index contributed by atoms with van der Waals surface area (Å²) in [5.74, 6) is 5.98. The molecule has 0 amide bonds. The third kappa shape index (κ3) is 2.58. The van der Waals surface area contributed by atoms with E-state index in [9.17, 15) is 10.1 Å². The first kappa shape index (κ1) is 13.5. The van der Waals surface area contributed by atoms with Gasteiger partial charge in [0, 0.05) is 6.54 Å². The highest BCUT2D eigenvalue weighted by Gasteiger charge is 2.45. The number of hydrazine groups is 1. The van der Waals surface area contributed by atoms with Crippen LogP contribution in [0.4, 0.5) is 17.3 Å². The van der Waals surface area contributed by atoms with Gasteiger partial charge in [-0.05, 0) is 24.2 Å². The summed E-state index contributed by atoms with van der Waals surface area (Å²) in [6, 6.07) is 0. The second kappa shape index (κ2) is 4.96. The molecule has 1 aliphatic carbocycles. The number of nitro groups is 1. The maximum Gasteiger partial charge on any atom is 0.354 e. The number of rotatable bonds is 6. The molecular weight excluding hydrogens is 248 g/mol. The fourth-order valence-corrected chi connectivity index (χ4v) is 2.17. The normalized spacial score (nSPS) is 16.2. The lowest BCUT2D eigenvalue weighted by Crippen LogP contribution is -2.22. The average Bonchev–Trinajstić information content (AvgIpc) is 3.16. The molecule has 8 nitrogen and oxygen atoms in total. The fourth-order valence-electron chi connectivity index (χ4n) is 2.17. The first-order chi connectivity index (χ1) is 9.00. The monoisotopic (exact) mass is 266 g/mol. The summed E-state index contributed by atoms with van der Waals surface area (Å²) in [4.78, 5) is 18.2. The van der Waals surface area contributed by atoms with Gasteiger partial charge in [0.2, 0.25) is 11.6 Å². The van der Waals surface area contributed by atoms with E-state index >= 15 is 0 Å². The van der Waals surface area contributed by atoms with Crippen LogP contribution in [0.5, 0.6) is 0 Å². The predicted molar refractivity (Wildman–Crippen MR) is 71.5 cm³/mol. The Hall–Kier alpha value is -1.96. The van der Waals surface area contributed by atoms with Gasteiger partial charge in [0.1, 0.15) is 6.33 Å². The molecule has 2 rings (SSSR count). The zero-order valence-corrected chi connectivity index (χ0v) is 11.0. The van der Waals surface area contributed by atoms with Gasteiger partial charge in [0.05, 0.1) is 4.92 Å². The number of nitrogens with zero attached hydrogens (tertiary/aromatic N) is 3. The lowest BCUT2D eigenvalue weighted by Gasteiger charge is -2.20. The van der Waals surface area contributed by atoms with Crippen molar-refractivity contribution in [1.29, 1.82) is 0 Å². The SMILES string of the molecule is CC(C)C1(CNc2ncnc(NN)c2[N+](=O)[O-])CC1. The molecule has 1 saturated carbocycles. The second-order valence-corrected chi connectivity index (χ2v) is 5.19. The van der Waals surface area contributed by atoms with E-state index in [4.69, 9.17) is 5.84 Å². The Labute approximate surface area is 110 Å². The topological polar surface area (TPSA) is 119 Å². The van der Waals surface area contributed by atoms with Crippen LogP contribution in [0.15, 0.2) is 6.33 Å². The molecule has 1 aromatic heterocycles. The van der Waals surface area contributed by atoms with Crippen LogP contribution in [-0.4, -0.2) is 21.4 Å². The number of nitrogens with one attached hydrogen (secondary N) is 2. The third-order valence-electron chi connectivity index (χ3n) is 3.87. The van der Waals surface area contributed by atoms with Crippen LogP contribution in [0.2, 0.25) is 0 Å². The van der Waals surface area contributed by atoms with Crippen LogP contribution in [0.3, 0.4) is 0 Å². The highest BCUT2D eigenvalue weighted by Crippen LogP contribution is 2.51. The van der Waals surface area contributed by atoms with E-state index in [0.29, 0.717) is 12.5 Å². The van der Waals surface area contributed by atoms with Gasteiger partial charge in [0.15, 0.2) is 0 Å². The minimum absolute atomic E-state index is 0.0110. The zero-order valence-electron chi connectivity index (χ0n) is 11.0. The van der Waals surface area contributed by atoms with E-state index in [1.54, 1.807) is 0 Å². The molecule has 1 heterocycles. The molecule has 0 aromatic carbocycles. The molecule has 0 saturated heterocycles. The minimum atomic E-state index is -0.535. The number of hydrogen-bond donors (Lipinski definition) is 3. The molecule has 0 aliphatic heterocycles. The Balaban J connectivity index is 2.19. The number of aromatic nitrogens is 2. The Kier molecular flexibility index (Phi) is 3.52. The summed E-state index contributed by atoms with van der Waals surface area (Å²) in [5, 5.41) is 14.1. The number of nitrogens with two attached hydrogens (primary N) is 1. The van der Waals surface area contributed by atoms with Crippen LogP contribution in [-0.2, 0) is 0 Å².